The van der Waals surface area contributed by atoms with E-state index >= 15 is 0 Å². The molecule has 2 aromatic carbocycles. The van der Waals surface area contributed by atoms with Crippen LogP contribution >= 0.6 is 0 Å². The molecule has 6 heteroatoms. The summed E-state index contributed by atoms with van der Waals surface area (Å²) in [6, 6.07) is 10.1. The van der Waals surface area contributed by atoms with Crippen molar-refractivity contribution in [2.45, 2.75) is 34.6 Å². The van der Waals surface area contributed by atoms with Gasteiger partial charge in [0.15, 0.2) is 0 Å². The van der Waals surface area contributed by atoms with Crippen LogP contribution in [-0.2, 0) is 14.2 Å². The van der Waals surface area contributed by atoms with Gasteiger partial charge in [-0.05, 0) is 47.6 Å². The average molecular weight is 427 g/mol. The summed E-state index contributed by atoms with van der Waals surface area (Å²) in [5.41, 5.74) is 2.42. The molecule has 0 radical (unpaired) electrons. The Morgan fingerprint density at radius 3 is 1.81 bits per heavy atom. The SMILES string of the molecule is COC(=O)c1cccc(-c2cccc(C(=O)OCC(C)C)c2C(=O)OCC(C)C)c1C. The lowest BCUT2D eigenvalue weighted by Crippen LogP contribution is -2.18. The van der Waals surface area contributed by atoms with Crippen LogP contribution in [0.4, 0.5) is 0 Å². The Kier molecular flexibility index (Phi) is 8.37. The zero-order valence-corrected chi connectivity index (χ0v) is 19.0. The monoisotopic (exact) mass is 426 g/mol. The van der Waals surface area contributed by atoms with Gasteiger partial charge in [0.2, 0.25) is 0 Å². The summed E-state index contributed by atoms with van der Waals surface area (Å²) in [6.45, 7) is 9.96. The lowest BCUT2D eigenvalue weighted by molar-refractivity contribution is 0.0413. The summed E-state index contributed by atoms with van der Waals surface area (Å²) in [6.07, 6.45) is 0. The quantitative estimate of drug-likeness (QED) is 0.433. The summed E-state index contributed by atoms with van der Waals surface area (Å²) in [5, 5.41) is 0. The summed E-state index contributed by atoms with van der Waals surface area (Å²) in [7, 11) is 1.31. The smallest absolute Gasteiger partial charge is 0.339 e. The Morgan fingerprint density at radius 2 is 1.26 bits per heavy atom. The van der Waals surface area contributed by atoms with E-state index in [0.29, 0.717) is 22.3 Å². The van der Waals surface area contributed by atoms with Crippen LogP contribution < -0.4 is 0 Å². The zero-order valence-electron chi connectivity index (χ0n) is 19.0. The van der Waals surface area contributed by atoms with Crippen LogP contribution in [0.1, 0.15) is 64.3 Å². The maximum Gasteiger partial charge on any atom is 0.339 e. The number of rotatable bonds is 8. The standard InChI is InChI=1S/C25H30O6/c1-15(2)13-30-24(27)21-12-8-11-20(22(21)25(28)31-14-16(3)4)18-9-7-10-19(17(18)5)23(26)29-6/h7-12,15-16H,13-14H2,1-6H3. The van der Waals surface area contributed by atoms with Crippen LogP contribution in [0.5, 0.6) is 0 Å². The first kappa shape index (κ1) is 24.1. The van der Waals surface area contributed by atoms with E-state index in [1.165, 1.54) is 7.11 Å². The van der Waals surface area contributed by atoms with Crippen molar-refractivity contribution >= 4 is 17.9 Å². The van der Waals surface area contributed by atoms with Gasteiger partial charge in [-0.3, -0.25) is 0 Å². The normalized spacial score (nSPS) is 10.8. The number of esters is 3. The van der Waals surface area contributed by atoms with E-state index in [1.54, 1.807) is 43.3 Å². The second-order valence-corrected chi connectivity index (χ2v) is 8.18. The molecule has 0 unspecified atom stereocenters. The molecule has 2 rings (SSSR count). The van der Waals surface area contributed by atoms with Gasteiger partial charge in [0.05, 0.1) is 37.0 Å². The van der Waals surface area contributed by atoms with Gasteiger partial charge in [0.25, 0.3) is 0 Å². The third-order valence-electron chi connectivity index (χ3n) is 4.61. The molecule has 31 heavy (non-hydrogen) atoms. The first-order valence-corrected chi connectivity index (χ1v) is 10.3. The molecule has 0 aliphatic heterocycles. The van der Waals surface area contributed by atoms with E-state index in [2.05, 4.69) is 0 Å². The first-order valence-electron chi connectivity index (χ1n) is 10.3. The number of ether oxygens (including phenoxy) is 3. The minimum atomic E-state index is -0.608. The maximum absolute atomic E-state index is 13.1. The van der Waals surface area contributed by atoms with Gasteiger partial charge in [-0.2, -0.15) is 0 Å². The minimum absolute atomic E-state index is 0.127. The van der Waals surface area contributed by atoms with E-state index in [-0.39, 0.29) is 36.2 Å². The van der Waals surface area contributed by atoms with Gasteiger partial charge >= 0.3 is 17.9 Å². The molecule has 0 aliphatic carbocycles. The van der Waals surface area contributed by atoms with Crippen LogP contribution in [0.2, 0.25) is 0 Å². The number of carbonyl (C=O) groups is 3. The van der Waals surface area contributed by atoms with Crippen LogP contribution in [0, 0.1) is 18.8 Å². The number of methoxy groups -OCH3 is 1. The lowest BCUT2D eigenvalue weighted by Gasteiger charge is -2.17. The minimum Gasteiger partial charge on any atom is -0.465 e. The van der Waals surface area contributed by atoms with Crippen molar-refractivity contribution in [1.82, 2.24) is 0 Å². The van der Waals surface area contributed by atoms with Crippen LogP contribution in [0.15, 0.2) is 36.4 Å². The summed E-state index contributed by atoms with van der Waals surface area (Å²) in [5.74, 6) is -1.38. The fourth-order valence-corrected chi connectivity index (χ4v) is 3.06. The highest BCUT2D eigenvalue weighted by Gasteiger charge is 2.26. The molecule has 0 aromatic heterocycles. The number of hydrogen-bond donors (Lipinski definition) is 0. The summed E-state index contributed by atoms with van der Waals surface area (Å²) in [4.78, 5) is 38.0. The van der Waals surface area contributed by atoms with Crippen molar-refractivity contribution in [2.75, 3.05) is 20.3 Å². The molecule has 0 atom stereocenters. The van der Waals surface area contributed by atoms with Crippen LogP contribution in [0.25, 0.3) is 11.1 Å². The van der Waals surface area contributed by atoms with Gasteiger partial charge in [-0.15, -0.1) is 0 Å². The highest BCUT2D eigenvalue weighted by atomic mass is 16.5. The molecule has 0 saturated carbocycles. The van der Waals surface area contributed by atoms with Crippen LogP contribution in [0.3, 0.4) is 0 Å². The topological polar surface area (TPSA) is 78.9 Å². The van der Waals surface area contributed by atoms with E-state index in [4.69, 9.17) is 14.2 Å². The third kappa shape index (κ3) is 5.94. The van der Waals surface area contributed by atoms with Crippen molar-refractivity contribution in [3.05, 3.63) is 58.7 Å². The molecular formula is C25H30O6. The van der Waals surface area contributed by atoms with Gasteiger partial charge in [0, 0.05) is 0 Å². The van der Waals surface area contributed by atoms with E-state index < -0.39 is 17.9 Å². The summed E-state index contributed by atoms with van der Waals surface area (Å²) < 4.78 is 15.7. The third-order valence-corrected chi connectivity index (χ3v) is 4.61. The fourth-order valence-electron chi connectivity index (χ4n) is 3.06. The van der Waals surface area contributed by atoms with Gasteiger partial charge in [-0.25, -0.2) is 14.4 Å². The Bertz CT molecular complexity index is 958. The predicted octanol–water partition coefficient (Wildman–Crippen LogP) is 5.07. The zero-order chi connectivity index (χ0) is 23.1. The maximum atomic E-state index is 13.1. The lowest BCUT2D eigenvalue weighted by atomic mass is 9.90. The molecule has 0 fully saturated rings. The second kappa shape index (κ2) is 10.8. The highest BCUT2D eigenvalue weighted by Crippen LogP contribution is 2.32. The fraction of sp³-hybridized carbons (Fsp3) is 0.400. The van der Waals surface area contributed by atoms with Crippen molar-refractivity contribution in [3.8, 4) is 11.1 Å². The Hall–Kier alpha value is -3.15. The molecule has 0 aliphatic rings. The van der Waals surface area contributed by atoms with Crippen molar-refractivity contribution in [2.24, 2.45) is 11.8 Å². The van der Waals surface area contributed by atoms with Gasteiger partial charge < -0.3 is 14.2 Å². The second-order valence-electron chi connectivity index (χ2n) is 8.18. The van der Waals surface area contributed by atoms with Crippen molar-refractivity contribution in [1.29, 1.82) is 0 Å². The average Bonchev–Trinajstić information content (AvgIpc) is 2.74. The molecule has 0 bridgehead atoms. The van der Waals surface area contributed by atoms with E-state index in [0.717, 1.165) is 0 Å². The van der Waals surface area contributed by atoms with E-state index in [1.807, 2.05) is 27.7 Å². The Morgan fingerprint density at radius 1 is 0.742 bits per heavy atom. The van der Waals surface area contributed by atoms with Gasteiger partial charge in [0.1, 0.15) is 0 Å². The van der Waals surface area contributed by atoms with Crippen molar-refractivity contribution < 1.29 is 28.6 Å². The number of carbonyl (C=O) groups excluding carboxylic acids is 3. The largest absolute Gasteiger partial charge is 0.465 e. The molecule has 0 amide bonds. The predicted molar refractivity (Wildman–Crippen MR) is 118 cm³/mol. The Balaban J connectivity index is 2.65. The summed E-state index contributed by atoms with van der Waals surface area (Å²) >= 11 is 0. The molecule has 0 saturated heterocycles. The first-order chi connectivity index (χ1) is 14.7. The molecule has 6 nitrogen and oxygen atoms in total. The number of hydrogen-bond acceptors (Lipinski definition) is 6. The molecular weight excluding hydrogens is 396 g/mol. The Labute approximate surface area is 183 Å². The van der Waals surface area contributed by atoms with E-state index in [9.17, 15) is 14.4 Å². The molecule has 166 valence electrons. The van der Waals surface area contributed by atoms with Crippen LogP contribution in [-0.4, -0.2) is 38.2 Å². The molecule has 2 aromatic rings. The number of benzene rings is 2. The molecule has 0 heterocycles. The molecule has 0 N–H and O–H groups in total. The van der Waals surface area contributed by atoms with Gasteiger partial charge in [-0.1, -0.05) is 52.0 Å². The highest BCUT2D eigenvalue weighted by molar-refractivity contribution is 6.08. The molecule has 0 spiro atoms. The van der Waals surface area contributed by atoms with Crippen molar-refractivity contribution in [3.63, 3.8) is 0 Å².